The molecule has 0 spiro atoms. The Balaban J connectivity index is 1.62. The highest BCUT2D eigenvalue weighted by molar-refractivity contribution is 5.94. The average molecular weight is 395 g/mol. The van der Waals surface area contributed by atoms with Crippen LogP contribution in [0.3, 0.4) is 0 Å². The Morgan fingerprint density at radius 2 is 1.90 bits per heavy atom. The first-order valence-corrected chi connectivity index (χ1v) is 9.75. The van der Waals surface area contributed by atoms with Gasteiger partial charge in [-0.15, -0.1) is 0 Å². The van der Waals surface area contributed by atoms with Crippen LogP contribution in [0, 0.1) is 11.8 Å². The molecule has 2 aromatic rings. The van der Waals surface area contributed by atoms with Crippen LogP contribution in [0.15, 0.2) is 48.8 Å². The third kappa shape index (κ3) is 3.82. The number of pyridine rings is 1. The second-order valence-corrected chi connectivity index (χ2v) is 7.61. The lowest BCUT2D eigenvalue weighted by molar-refractivity contribution is -0.141. The van der Waals surface area contributed by atoms with E-state index in [4.69, 9.17) is 9.47 Å². The number of methoxy groups -OCH3 is 2. The van der Waals surface area contributed by atoms with Gasteiger partial charge in [0.25, 0.3) is 5.91 Å². The molecule has 0 N–H and O–H groups in total. The van der Waals surface area contributed by atoms with Gasteiger partial charge < -0.3 is 14.4 Å². The third-order valence-corrected chi connectivity index (χ3v) is 5.95. The standard InChI is InChI=1S/C22H25N3O4/c1-28-18-7-5-15(6-8-18)21-19-13-24(14-20(26)29-2)11-17(19)12-25(21)22(27)16-4-3-9-23-10-16/h3-10,17,19,21H,11-14H2,1-2H3/t17-,19-,21-/m0/s1. The number of hydrogen-bond donors (Lipinski definition) is 0. The van der Waals surface area contributed by atoms with Crippen molar-refractivity contribution in [3.63, 3.8) is 0 Å². The smallest absolute Gasteiger partial charge is 0.319 e. The maximum absolute atomic E-state index is 13.3. The summed E-state index contributed by atoms with van der Waals surface area (Å²) in [4.78, 5) is 33.2. The first kappa shape index (κ1) is 19.4. The number of ether oxygens (including phenoxy) is 2. The van der Waals surface area contributed by atoms with Gasteiger partial charge in [0.05, 0.1) is 32.4 Å². The summed E-state index contributed by atoms with van der Waals surface area (Å²) in [6.07, 6.45) is 3.28. The van der Waals surface area contributed by atoms with E-state index < -0.39 is 0 Å². The predicted molar refractivity (Wildman–Crippen MR) is 106 cm³/mol. The van der Waals surface area contributed by atoms with E-state index in [-0.39, 0.29) is 30.4 Å². The number of esters is 1. The second-order valence-electron chi connectivity index (χ2n) is 7.61. The summed E-state index contributed by atoms with van der Waals surface area (Å²) in [5.41, 5.74) is 1.67. The van der Waals surface area contributed by atoms with E-state index in [2.05, 4.69) is 9.88 Å². The molecule has 0 unspecified atom stereocenters. The molecular formula is C22H25N3O4. The van der Waals surface area contributed by atoms with Crippen molar-refractivity contribution in [3.8, 4) is 5.75 Å². The zero-order valence-electron chi connectivity index (χ0n) is 16.7. The quantitative estimate of drug-likeness (QED) is 0.722. The molecule has 2 fully saturated rings. The number of amides is 1. The highest BCUT2D eigenvalue weighted by Gasteiger charge is 2.49. The van der Waals surface area contributed by atoms with Crippen LogP contribution in [0.5, 0.6) is 5.75 Å². The van der Waals surface area contributed by atoms with Gasteiger partial charge in [0.2, 0.25) is 0 Å². The molecule has 152 valence electrons. The Morgan fingerprint density at radius 1 is 1.10 bits per heavy atom. The molecule has 1 aromatic carbocycles. The van der Waals surface area contributed by atoms with Gasteiger partial charge in [-0.05, 0) is 35.7 Å². The molecule has 0 bridgehead atoms. The summed E-state index contributed by atoms with van der Waals surface area (Å²) < 4.78 is 10.1. The van der Waals surface area contributed by atoms with Gasteiger partial charge in [-0.2, -0.15) is 0 Å². The Morgan fingerprint density at radius 3 is 2.55 bits per heavy atom. The van der Waals surface area contributed by atoms with Crippen LogP contribution >= 0.6 is 0 Å². The minimum Gasteiger partial charge on any atom is -0.497 e. The number of likely N-dealkylation sites (tertiary alicyclic amines) is 2. The van der Waals surface area contributed by atoms with E-state index in [1.54, 1.807) is 31.6 Å². The number of carbonyl (C=O) groups excluding carboxylic acids is 2. The Hall–Kier alpha value is -2.93. The van der Waals surface area contributed by atoms with Crippen LogP contribution in [-0.4, -0.2) is 67.1 Å². The summed E-state index contributed by atoms with van der Waals surface area (Å²) >= 11 is 0. The molecule has 2 aliphatic rings. The molecule has 1 amide bonds. The molecule has 4 rings (SSSR count). The number of benzene rings is 1. The summed E-state index contributed by atoms with van der Waals surface area (Å²) in [6.45, 7) is 2.48. The Bertz CT molecular complexity index is 871. The van der Waals surface area contributed by atoms with E-state index in [1.807, 2.05) is 29.2 Å². The van der Waals surface area contributed by atoms with E-state index in [0.717, 1.165) is 24.4 Å². The maximum atomic E-state index is 13.3. The first-order chi connectivity index (χ1) is 14.1. The molecule has 2 aliphatic heterocycles. The van der Waals surface area contributed by atoms with Gasteiger partial charge in [0.1, 0.15) is 5.75 Å². The topological polar surface area (TPSA) is 72.0 Å². The van der Waals surface area contributed by atoms with Crippen LogP contribution in [0.25, 0.3) is 0 Å². The molecule has 3 heterocycles. The minimum atomic E-state index is -0.228. The lowest BCUT2D eigenvalue weighted by atomic mass is 9.89. The largest absolute Gasteiger partial charge is 0.497 e. The van der Waals surface area contributed by atoms with Gasteiger partial charge >= 0.3 is 5.97 Å². The number of fused-ring (bicyclic) bond motifs is 1. The molecule has 2 saturated heterocycles. The van der Waals surface area contributed by atoms with Crippen molar-refractivity contribution in [2.24, 2.45) is 11.8 Å². The number of carbonyl (C=O) groups is 2. The average Bonchev–Trinajstić information content (AvgIpc) is 3.31. The molecule has 0 aliphatic carbocycles. The molecular weight excluding hydrogens is 370 g/mol. The predicted octanol–water partition coefficient (Wildman–Crippen LogP) is 2.01. The number of hydrogen-bond acceptors (Lipinski definition) is 6. The molecule has 29 heavy (non-hydrogen) atoms. The Labute approximate surface area is 170 Å². The fourth-order valence-electron chi connectivity index (χ4n) is 4.61. The lowest BCUT2D eigenvalue weighted by Gasteiger charge is -2.30. The van der Waals surface area contributed by atoms with Crippen LogP contribution in [0.4, 0.5) is 0 Å². The molecule has 3 atom stereocenters. The van der Waals surface area contributed by atoms with Crippen LogP contribution in [0.2, 0.25) is 0 Å². The summed E-state index contributed by atoms with van der Waals surface area (Å²) in [5.74, 6) is 1.12. The highest BCUT2D eigenvalue weighted by atomic mass is 16.5. The Kier molecular flexibility index (Phi) is 5.49. The zero-order valence-corrected chi connectivity index (χ0v) is 16.7. The fourth-order valence-corrected chi connectivity index (χ4v) is 4.61. The van der Waals surface area contributed by atoms with Gasteiger partial charge in [-0.25, -0.2) is 0 Å². The van der Waals surface area contributed by atoms with Crippen molar-refractivity contribution in [1.82, 2.24) is 14.8 Å². The first-order valence-electron chi connectivity index (χ1n) is 9.75. The van der Waals surface area contributed by atoms with Crippen LogP contribution in [0.1, 0.15) is 22.0 Å². The van der Waals surface area contributed by atoms with Crippen molar-refractivity contribution in [2.45, 2.75) is 6.04 Å². The van der Waals surface area contributed by atoms with E-state index in [9.17, 15) is 9.59 Å². The number of nitrogens with zero attached hydrogens (tertiary/aromatic N) is 3. The van der Waals surface area contributed by atoms with Gasteiger partial charge in [-0.1, -0.05) is 12.1 Å². The van der Waals surface area contributed by atoms with Crippen molar-refractivity contribution in [2.75, 3.05) is 40.4 Å². The van der Waals surface area contributed by atoms with Gasteiger partial charge in [-0.3, -0.25) is 19.5 Å². The monoisotopic (exact) mass is 395 g/mol. The van der Waals surface area contributed by atoms with Gasteiger partial charge in [0.15, 0.2) is 0 Å². The molecule has 7 nitrogen and oxygen atoms in total. The van der Waals surface area contributed by atoms with Crippen LogP contribution < -0.4 is 4.74 Å². The minimum absolute atomic E-state index is 0.00663. The lowest BCUT2D eigenvalue weighted by Crippen LogP contribution is -2.37. The SMILES string of the molecule is COC(=O)CN1C[C@H]2CN(C(=O)c3cccnc3)[C@@H](c3ccc(OC)cc3)[C@H]2C1. The van der Waals surface area contributed by atoms with E-state index in [1.165, 1.54) is 7.11 Å². The number of aromatic nitrogens is 1. The summed E-state index contributed by atoms with van der Waals surface area (Å²) in [5, 5.41) is 0. The summed E-state index contributed by atoms with van der Waals surface area (Å²) in [7, 11) is 3.05. The van der Waals surface area contributed by atoms with Crippen molar-refractivity contribution in [3.05, 3.63) is 59.9 Å². The second kappa shape index (κ2) is 8.21. The maximum Gasteiger partial charge on any atom is 0.319 e. The molecule has 0 radical (unpaired) electrons. The third-order valence-electron chi connectivity index (χ3n) is 5.95. The van der Waals surface area contributed by atoms with Crippen molar-refractivity contribution >= 4 is 11.9 Å². The highest BCUT2D eigenvalue weighted by Crippen LogP contribution is 2.45. The van der Waals surface area contributed by atoms with Crippen molar-refractivity contribution in [1.29, 1.82) is 0 Å². The van der Waals surface area contributed by atoms with Gasteiger partial charge in [0, 0.05) is 37.9 Å². The molecule has 7 heteroatoms. The van der Waals surface area contributed by atoms with Crippen LogP contribution in [-0.2, 0) is 9.53 Å². The molecule has 0 saturated carbocycles. The number of rotatable bonds is 5. The summed E-state index contributed by atoms with van der Waals surface area (Å²) in [6, 6.07) is 11.4. The fraction of sp³-hybridized carbons (Fsp3) is 0.409. The normalized spacial score (nSPS) is 23.7. The zero-order chi connectivity index (χ0) is 20.4. The van der Waals surface area contributed by atoms with Crippen molar-refractivity contribution < 1.29 is 19.1 Å². The van der Waals surface area contributed by atoms with E-state index >= 15 is 0 Å². The van der Waals surface area contributed by atoms with E-state index in [0.29, 0.717) is 18.0 Å². The molecule has 1 aromatic heterocycles.